The van der Waals surface area contributed by atoms with Crippen LogP contribution in [0.3, 0.4) is 0 Å². The van der Waals surface area contributed by atoms with Crippen LogP contribution in [0.4, 0.5) is 0 Å². The van der Waals surface area contributed by atoms with E-state index in [1.807, 2.05) is 18.2 Å². The van der Waals surface area contributed by atoms with Gasteiger partial charge in [-0.2, -0.15) is 0 Å². The zero-order valence-corrected chi connectivity index (χ0v) is 16.6. The smallest absolute Gasteiger partial charge is 0.0530 e. The van der Waals surface area contributed by atoms with E-state index in [-0.39, 0.29) is 6.04 Å². The number of hydrogen-bond acceptors (Lipinski definition) is 2. The van der Waals surface area contributed by atoms with Crippen molar-refractivity contribution in [1.29, 1.82) is 0 Å². The lowest BCUT2D eigenvalue weighted by molar-refractivity contribution is 0.509. The molecule has 0 amide bonds. The number of nitrogens with one attached hydrogen (secondary N) is 1. The van der Waals surface area contributed by atoms with Crippen LogP contribution in [0.1, 0.15) is 25.0 Å². The summed E-state index contributed by atoms with van der Waals surface area (Å²) in [6.45, 7) is 15.1. The number of allylic oxidation sites excluding steroid dienone is 2. The molecular formula is C25H30N2. The van der Waals surface area contributed by atoms with E-state index < -0.39 is 0 Å². The molecule has 0 saturated heterocycles. The predicted octanol–water partition coefficient (Wildman–Crippen LogP) is 5.83. The summed E-state index contributed by atoms with van der Waals surface area (Å²) in [5, 5.41) is 3.61. The molecule has 140 valence electrons. The largest absolute Gasteiger partial charge is 0.405 e. The van der Waals surface area contributed by atoms with Crippen molar-refractivity contribution < 1.29 is 0 Å². The second-order valence-electron chi connectivity index (χ2n) is 7.03. The Hall–Kier alpha value is -3.00. The van der Waals surface area contributed by atoms with Gasteiger partial charge in [0.2, 0.25) is 0 Å². The highest BCUT2D eigenvalue weighted by Crippen LogP contribution is 2.31. The number of benzene rings is 2. The summed E-state index contributed by atoms with van der Waals surface area (Å²) in [5.41, 5.74) is 12.0. The van der Waals surface area contributed by atoms with Gasteiger partial charge in [-0.3, -0.25) is 0 Å². The number of nitrogens with two attached hydrogens (primary N) is 1. The molecule has 0 aliphatic carbocycles. The van der Waals surface area contributed by atoms with Crippen LogP contribution in [-0.4, -0.2) is 6.04 Å². The summed E-state index contributed by atoms with van der Waals surface area (Å²) >= 11 is 0. The lowest BCUT2D eigenvalue weighted by Gasteiger charge is -2.27. The minimum atomic E-state index is 0.0863. The Morgan fingerprint density at radius 2 is 1.70 bits per heavy atom. The van der Waals surface area contributed by atoms with Gasteiger partial charge >= 0.3 is 0 Å². The van der Waals surface area contributed by atoms with Crippen molar-refractivity contribution in [2.45, 2.75) is 26.8 Å². The lowest BCUT2D eigenvalue weighted by atomic mass is 9.92. The Morgan fingerprint density at radius 3 is 2.33 bits per heavy atom. The molecule has 27 heavy (non-hydrogen) atoms. The van der Waals surface area contributed by atoms with Crippen molar-refractivity contribution in [2.75, 3.05) is 0 Å². The van der Waals surface area contributed by atoms with E-state index in [0.29, 0.717) is 5.92 Å². The topological polar surface area (TPSA) is 38.0 Å². The molecule has 0 aliphatic heterocycles. The van der Waals surface area contributed by atoms with E-state index in [0.717, 1.165) is 16.8 Å². The van der Waals surface area contributed by atoms with Crippen LogP contribution < -0.4 is 11.1 Å². The van der Waals surface area contributed by atoms with Gasteiger partial charge in [0.25, 0.3) is 0 Å². The van der Waals surface area contributed by atoms with Crippen molar-refractivity contribution in [1.82, 2.24) is 5.32 Å². The minimum Gasteiger partial charge on any atom is -0.405 e. The average Bonchev–Trinajstić information content (AvgIpc) is 2.66. The molecule has 0 aromatic heterocycles. The first-order chi connectivity index (χ1) is 13.0. The van der Waals surface area contributed by atoms with Crippen LogP contribution in [0.25, 0.3) is 16.8 Å². The highest BCUT2D eigenvalue weighted by Gasteiger charge is 2.18. The summed E-state index contributed by atoms with van der Waals surface area (Å²) in [7, 11) is 0. The molecule has 0 radical (unpaired) electrons. The molecule has 0 heterocycles. The quantitative estimate of drug-likeness (QED) is 0.582. The monoisotopic (exact) mass is 358 g/mol. The Balaban J connectivity index is 2.35. The molecule has 0 bridgehead atoms. The third-order valence-corrected chi connectivity index (χ3v) is 4.59. The van der Waals surface area contributed by atoms with Crippen molar-refractivity contribution in [3.63, 3.8) is 0 Å². The summed E-state index contributed by atoms with van der Waals surface area (Å²) in [6, 6.07) is 16.9. The predicted molar refractivity (Wildman–Crippen MR) is 119 cm³/mol. The van der Waals surface area contributed by atoms with E-state index in [1.165, 1.54) is 22.9 Å². The van der Waals surface area contributed by atoms with Crippen molar-refractivity contribution >= 4 is 5.70 Å². The van der Waals surface area contributed by atoms with Crippen LogP contribution in [-0.2, 0) is 0 Å². The fourth-order valence-electron chi connectivity index (χ4n) is 3.22. The lowest BCUT2D eigenvalue weighted by Crippen LogP contribution is -2.33. The van der Waals surface area contributed by atoms with Gasteiger partial charge in [-0.25, -0.2) is 0 Å². The second kappa shape index (κ2) is 9.63. The Kier molecular flexibility index (Phi) is 7.25. The van der Waals surface area contributed by atoms with Crippen LogP contribution in [0, 0.1) is 12.8 Å². The summed E-state index contributed by atoms with van der Waals surface area (Å²) in [6.07, 6.45) is 7.21. The van der Waals surface area contributed by atoms with E-state index in [2.05, 4.69) is 81.7 Å². The van der Waals surface area contributed by atoms with Crippen LogP contribution in [0.2, 0.25) is 0 Å². The van der Waals surface area contributed by atoms with Gasteiger partial charge in [-0.1, -0.05) is 87.7 Å². The van der Waals surface area contributed by atoms with Crippen molar-refractivity contribution in [3.8, 4) is 11.1 Å². The van der Waals surface area contributed by atoms with E-state index in [4.69, 9.17) is 5.73 Å². The Bertz CT molecular complexity index is 842. The Morgan fingerprint density at radius 1 is 1.00 bits per heavy atom. The fourth-order valence-corrected chi connectivity index (χ4v) is 3.22. The second-order valence-corrected chi connectivity index (χ2v) is 7.03. The molecule has 2 aromatic carbocycles. The van der Waals surface area contributed by atoms with Crippen molar-refractivity contribution in [3.05, 3.63) is 103 Å². The average molecular weight is 359 g/mol. The van der Waals surface area contributed by atoms with Gasteiger partial charge in [-0.15, -0.1) is 0 Å². The summed E-state index contributed by atoms with van der Waals surface area (Å²) in [4.78, 5) is 0. The highest BCUT2D eigenvalue weighted by molar-refractivity contribution is 5.81. The van der Waals surface area contributed by atoms with Crippen LogP contribution in [0.15, 0.2) is 91.7 Å². The molecule has 0 fully saturated rings. The molecule has 2 aromatic rings. The molecule has 2 nitrogen and oxygen atoms in total. The zero-order chi connectivity index (χ0) is 19.8. The van der Waals surface area contributed by atoms with E-state index in [1.54, 1.807) is 6.08 Å². The first-order valence-corrected chi connectivity index (χ1v) is 9.30. The van der Waals surface area contributed by atoms with Gasteiger partial charge in [0.1, 0.15) is 0 Å². The third-order valence-electron chi connectivity index (χ3n) is 4.59. The highest BCUT2D eigenvalue weighted by atomic mass is 14.9. The maximum Gasteiger partial charge on any atom is 0.0530 e. The van der Waals surface area contributed by atoms with Gasteiger partial charge < -0.3 is 11.1 Å². The third kappa shape index (κ3) is 5.24. The molecule has 0 aliphatic rings. The maximum absolute atomic E-state index is 5.40. The first-order valence-electron chi connectivity index (χ1n) is 9.30. The first kappa shape index (κ1) is 20.3. The van der Waals surface area contributed by atoms with Crippen LogP contribution in [0.5, 0.6) is 0 Å². The minimum absolute atomic E-state index is 0.0863. The van der Waals surface area contributed by atoms with E-state index >= 15 is 0 Å². The number of hydrogen-bond donors (Lipinski definition) is 2. The van der Waals surface area contributed by atoms with Crippen LogP contribution >= 0.6 is 0 Å². The van der Waals surface area contributed by atoms with Gasteiger partial charge in [0, 0.05) is 11.3 Å². The molecule has 1 atom stereocenters. The van der Waals surface area contributed by atoms with Gasteiger partial charge in [0.15, 0.2) is 0 Å². The standard InChI is InChI=1S/C25H30N2/c1-18(2)25(20(4)12-9-10-17-26)27-21(5)24-19(3)13-11-16-23(24)22-14-7-6-8-15-22/h6-18,25,27H,4-5,26H2,1-3H3/b12-9-,17-10-. The molecule has 1 unspecified atom stereocenters. The fraction of sp³-hybridized carbons (Fsp3) is 0.200. The number of aryl methyl sites for hydroxylation is 1. The normalized spacial score (nSPS) is 12.6. The molecule has 0 spiro atoms. The van der Waals surface area contributed by atoms with Gasteiger partial charge in [0.05, 0.1) is 6.04 Å². The van der Waals surface area contributed by atoms with E-state index in [9.17, 15) is 0 Å². The molecule has 3 N–H and O–H groups in total. The number of rotatable bonds is 8. The van der Waals surface area contributed by atoms with Crippen molar-refractivity contribution in [2.24, 2.45) is 11.7 Å². The summed E-state index contributed by atoms with van der Waals surface area (Å²) < 4.78 is 0. The SMILES string of the molecule is C=C(NC(C(=C)/C=C\C=C/N)C(C)C)c1c(C)cccc1-c1ccccc1. The maximum atomic E-state index is 5.40. The van der Waals surface area contributed by atoms with Gasteiger partial charge in [-0.05, 0) is 47.4 Å². The Labute approximate surface area is 163 Å². The molecule has 2 heteroatoms. The molecule has 2 rings (SSSR count). The molecular weight excluding hydrogens is 328 g/mol. The zero-order valence-electron chi connectivity index (χ0n) is 16.6. The molecule has 0 saturated carbocycles. The summed E-state index contributed by atoms with van der Waals surface area (Å²) in [5.74, 6) is 0.366.